The molecule has 4 rings (SSSR count). The summed E-state index contributed by atoms with van der Waals surface area (Å²) < 4.78 is 1.92. The smallest absolute Gasteiger partial charge is 0.237 e. The van der Waals surface area contributed by atoms with Crippen molar-refractivity contribution in [1.82, 2.24) is 20.0 Å². The van der Waals surface area contributed by atoms with Crippen LogP contribution in [0, 0.1) is 6.92 Å². The highest BCUT2D eigenvalue weighted by Gasteiger charge is 2.29. The molecular formula is C22H24N4O. The van der Waals surface area contributed by atoms with Crippen molar-refractivity contribution in [2.75, 3.05) is 13.1 Å². The summed E-state index contributed by atoms with van der Waals surface area (Å²) in [5.41, 5.74) is 4.57. The third kappa shape index (κ3) is 3.93. The van der Waals surface area contributed by atoms with Gasteiger partial charge >= 0.3 is 0 Å². The molecule has 0 radical (unpaired) electrons. The second-order valence-corrected chi connectivity index (χ2v) is 7.05. The number of hydrogen-bond donors (Lipinski definition) is 1. The second-order valence-electron chi connectivity index (χ2n) is 7.05. The molecule has 0 saturated carbocycles. The summed E-state index contributed by atoms with van der Waals surface area (Å²) in [5, 5.41) is 7.54. The molecule has 1 saturated heterocycles. The van der Waals surface area contributed by atoms with Gasteiger partial charge in [-0.25, -0.2) is 4.68 Å². The van der Waals surface area contributed by atoms with Crippen molar-refractivity contribution in [3.05, 3.63) is 83.7 Å². The maximum absolute atomic E-state index is 12.5. The zero-order valence-electron chi connectivity index (χ0n) is 15.5. The van der Waals surface area contributed by atoms with Gasteiger partial charge in [0.2, 0.25) is 5.91 Å². The first-order valence-electron chi connectivity index (χ1n) is 9.36. The minimum atomic E-state index is -0.150. The Morgan fingerprint density at radius 3 is 2.67 bits per heavy atom. The van der Waals surface area contributed by atoms with Crippen LogP contribution in [0.1, 0.15) is 16.7 Å². The number of piperazine rings is 1. The number of nitrogens with one attached hydrogen (secondary N) is 1. The van der Waals surface area contributed by atoms with E-state index in [1.54, 1.807) is 0 Å². The summed E-state index contributed by atoms with van der Waals surface area (Å²) in [6.07, 6.45) is 4.69. The van der Waals surface area contributed by atoms with Crippen LogP contribution in [0.2, 0.25) is 0 Å². The molecule has 0 aliphatic carbocycles. The topological polar surface area (TPSA) is 50.2 Å². The number of aromatic nitrogens is 2. The first kappa shape index (κ1) is 17.5. The number of benzene rings is 2. The zero-order valence-corrected chi connectivity index (χ0v) is 15.5. The molecule has 2 aromatic carbocycles. The van der Waals surface area contributed by atoms with Crippen molar-refractivity contribution in [2.45, 2.75) is 25.9 Å². The zero-order chi connectivity index (χ0) is 18.6. The Morgan fingerprint density at radius 1 is 1.07 bits per heavy atom. The number of hydrogen-bond acceptors (Lipinski definition) is 3. The molecular weight excluding hydrogens is 336 g/mol. The fraction of sp³-hybridized carbons (Fsp3) is 0.273. The van der Waals surface area contributed by atoms with E-state index < -0.39 is 0 Å². The summed E-state index contributed by atoms with van der Waals surface area (Å²) in [6, 6.07) is 18.3. The molecule has 1 amide bonds. The normalized spacial score (nSPS) is 17.7. The van der Waals surface area contributed by atoms with Gasteiger partial charge in [0.25, 0.3) is 0 Å². The minimum absolute atomic E-state index is 0.108. The fourth-order valence-electron chi connectivity index (χ4n) is 3.64. The highest BCUT2D eigenvalue weighted by molar-refractivity contribution is 5.82. The number of rotatable bonds is 5. The Kier molecular flexibility index (Phi) is 5.03. The van der Waals surface area contributed by atoms with E-state index >= 15 is 0 Å². The van der Waals surface area contributed by atoms with Gasteiger partial charge in [0.15, 0.2) is 0 Å². The lowest BCUT2D eigenvalue weighted by molar-refractivity contribution is -0.129. The standard InChI is InChI=1S/C22H24N4O/c1-17-7-5-6-10-20(17)26-16-19(14-24-26)15-25-12-11-23-22(27)21(25)13-18-8-3-2-4-9-18/h2-10,14,16,21H,11-13,15H2,1H3,(H,23,27)/t21-/m1/s1. The van der Waals surface area contributed by atoms with E-state index in [0.29, 0.717) is 6.54 Å². The van der Waals surface area contributed by atoms with Crippen molar-refractivity contribution >= 4 is 5.91 Å². The first-order valence-corrected chi connectivity index (χ1v) is 9.36. The van der Waals surface area contributed by atoms with E-state index in [9.17, 15) is 4.79 Å². The van der Waals surface area contributed by atoms with E-state index in [2.05, 4.69) is 52.7 Å². The van der Waals surface area contributed by atoms with E-state index in [0.717, 1.165) is 30.8 Å². The molecule has 1 aliphatic heterocycles. The van der Waals surface area contributed by atoms with Crippen LogP contribution in [0.5, 0.6) is 0 Å². The van der Waals surface area contributed by atoms with Gasteiger partial charge in [-0.1, -0.05) is 48.5 Å². The molecule has 1 aliphatic rings. The van der Waals surface area contributed by atoms with Crippen molar-refractivity contribution in [3.63, 3.8) is 0 Å². The van der Waals surface area contributed by atoms with Gasteiger partial charge < -0.3 is 5.32 Å². The average Bonchev–Trinajstić information content (AvgIpc) is 3.14. The van der Waals surface area contributed by atoms with Crippen molar-refractivity contribution in [1.29, 1.82) is 0 Å². The van der Waals surface area contributed by atoms with Crippen LogP contribution in [0.25, 0.3) is 5.69 Å². The monoisotopic (exact) mass is 360 g/mol. The van der Waals surface area contributed by atoms with Crippen molar-refractivity contribution in [2.24, 2.45) is 0 Å². The summed E-state index contributed by atoms with van der Waals surface area (Å²) in [5.74, 6) is 0.108. The highest BCUT2D eigenvalue weighted by atomic mass is 16.2. The third-order valence-electron chi connectivity index (χ3n) is 5.10. The second kappa shape index (κ2) is 7.76. The van der Waals surface area contributed by atoms with Crippen LogP contribution >= 0.6 is 0 Å². The molecule has 5 nitrogen and oxygen atoms in total. The Balaban J connectivity index is 1.52. The SMILES string of the molecule is Cc1ccccc1-n1cc(CN2CCNC(=O)[C@H]2Cc2ccccc2)cn1. The van der Waals surface area contributed by atoms with Gasteiger partial charge in [-0.05, 0) is 30.5 Å². The Labute approximate surface area is 159 Å². The molecule has 0 unspecified atom stereocenters. The Bertz CT molecular complexity index is 919. The van der Waals surface area contributed by atoms with Crippen LogP contribution in [0.15, 0.2) is 67.0 Å². The number of amides is 1. The minimum Gasteiger partial charge on any atom is -0.353 e. The highest BCUT2D eigenvalue weighted by Crippen LogP contribution is 2.17. The summed E-state index contributed by atoms with van der Waals surface area (Å²) in [6.45, 7) is 4.34. The predicted octanol–water partition coefficient (Wildman–Crippen LogP) is 2.72. The lowest BCUT2D eigenvalue weighted by Crippen LogP contribution is -2.55. The molecule has 3 aromatic rings. The van der Waals surface area contributed by atoms with E-state index in [-0.39, 0.29) is 11.9 Å². The number of carbonyl (C=O) groups is 1. The number of nitrogens with zero attached hydrogens (tertiary/aromatic N) is 3. The molecule has 1 atom stereocenters. The van der Waals surface area contributed by atoms with Crippen LogP contribution in [0.4, 0.5) is 0 Å². The maximum atomic E-state index is 12.5. The fourth-order valence-corrected chi connectivity index (χ4v) is 3.64. The van der Waals surface area contributed by atoms with Gasteiger partial charge in [-0.2, -0.15) is 5.10 Å². The van der Waals surface area contributed by atoms with Gasteiger partial charge in [0.1, 0.15) is 0 Å². The third-order valence-corrected chi connectivity index (χ3v) is 5.10. The lowest BCUT2D eigenvalue weighted by atomic mass is 10.0. The molecule has 5 heteroatoms. The number of carbonyl (C=O) groups excluding carboxylic acids is 1. The molecule has 1 N–H and O–H groups in total. The molecule has 1 aromatic heterocycles. The number of aryl methyl sites for hydroxylation is 1. The van der Waals surface area contributed by atoms with Gasteiger partial charge in [-0.15, -0.1) is 0 Å². The summed E-state index contributed by atoms with van der Waals surface area (Å²) >= 11 is 0. The van der Waals surface area contributed by atoms with Crippen LogP contribution in [0.3, 0.4) is 0 Å². The maximum Gasteiger partial charge on any atom is 0.237 e. The molecule has 138 valence electrons. The van der Waals surface area contributed by atoms with Gasteiger partial charge in [0, 0.05) is 31.4 Å². The van der Waals surface area contributed by atoms with Gasteiger partial charge in [-0.3, -0.25) is 9.69 Å². The van der Waals surface area contributed by atoms with E-state index in [1.807, 2.05) is 41.2 Å². The average molecular weight is 360 g/mol. The van der Waals surface area contributed by atoms with Crippen molar-refractivity contribution in [3.8, 4) is 5.69 Å². The van der Waals surface area contributed by atoms with E-state index in [4.69, 9.17) is 0 Å². The predicted molar refractivity (Wildman–Crippen MR) is 106 cm³/mol. The first-order chi connectivity index (χ1) is 13.2. The summed E-state index contributed by atoms with van der Waals surface area (Å²) in [7, 11) is 0. The summed E-state index contributed by atoms with van der Waals surface area (Å²) in [4.78, 5) is 14.8. The van der Waals surface area contributed by atoms with Crippen molar-refractivity contribution < 1.29 is 4.79 Å². The lowest BCUT2D eigenvalue weighted by Gasteiger charge is -2.34. The Hall–Kier alpha value is -2.92. The van der Waals surface area contributed by atoms with Crippen LogP contribution < -0.4 is 5.32 Å². The molecule has 0 spiro atoms. The largest absolute Gasteiger partial charge is 0.353 e. The quantitative estimate of drug-likeness (QED) is 0.761. The van der Waals surface area contributed by atoms with Crippen LogP contribution in [-0.4, -0.2) is 39.7 Å². The van der Waals surface area contributed by atoms with E-state index in [1.165, 1.54) is 11.1 Å². The molecule has 0 bridgehead atoms. The van der Waals surface area contributed by atoms with Crippen LogP contribution in [-0.2, 0) is 17.8 Å². The molecule has 27 heavy (non-hydrogen) atoms. The molecule has 2 heterocycles. The Morgan fingerprint density at radius 2 is 1.85 bits per heavy atom. The molecule has 1 fully saturated rings. The van der Waals surface area contributed by atoms with Gasteiger partial charge in [0.05, 0.1) is 17.9 Å². The number of para-hydroxylation sites is 1.